The number of amides is 1. The van der Waals surface area contributed by atoms with E-state index >= 15 is 0 Å². The van der Waals surface area contributed by atoms with Crippen LogP contribution >= 0.6 is 0 Å². The molecule has 6 heteroatoms. The van der Waals surface area contributed by atoms with E-state index in [1.54, 1.807) is 23.3 Å². The van der Waals surface area contributed by atoms with Crippen molar-refractivity contribution in [3.05, 3.63) is 37.1 Å². The number of hydrogen-bond donors (Lipinski definition) is 2. The van der Waals surface area contributed by atoms with Gasteiger partial charge in [-0.05, 0) is 25.5 Å². The van der Waals surface area contributed by atoms with Crippen LogP contribution in [-0.4, -0.2) is 26.5 Å². The standard InChI is InChI=1S/C13H17N5O/c1-10(14)2-5-13(19)17-11-3-4-12(16-8-11)18-7-6-15-9-18/h3-4,6-10H,2,5,14H2,1H3,(H,17,19). The third-order valence-electron chi connectivity index (χ3n) is 2.63. The van der Waals surface area contributed by atoms with Gasteiger partial charge < -0.3 is 11.1 Å². The normalized spacial score (nSPS) is 12.1. The summed E-state index contributed by atoms with van der Waals surface area (Å²) in [5, 5.41) is 2.79. The van der Waals surface area contributed by atoms with Crippen molar-refractivity contribution in [2.24, 2.45) is 5.73 Å². The van der Waals surface area contributed by atoms with Gasteiger partial charge in [-0.3, -0.25) is 9.36 Å². The molecule has 0 aliphatic heterocycles. The van der Waals surface area contributed by atoms with Gasteiger partial charge in [0.2, 0.25) is 5.91 Å². The molecule has 0 spiro atoms. The van der Waals surface area contributed by atoms with Crippen LogP contribution in [-0.2, 0) is 4.79 Å². The number of anilines is 1. The molecule has 2 aromatic rings. The molecule has 19 heavy (non-hydrogen) atoms. The molecule has 0 aliphatic rings. The first-order chi connectivity index (χ1) is 9.15. The fraction of sp³-hybridized carbons (Fsp3) is 0.308. The zero-order valence-corrected chi connectivity index (χ0v) is 10.8. The Kier molecular flexibility index (Phi) is 4.25. The third kappa shape index (κ3) is 3.89. The predicted octanol–water partition coefficient (Wildman–Crippen LogP) is 1.33. The van der Waals surface area contributed by atoms with Crippen LogP contribution in [0.5, 0.6) is 0 Å². The summed E-state index contributed by atoms with van der Waals surface area (Å²) in [6.07, 6.45) is 7.88. The van der Waals surface area contributed by atoms with Crippen molar-refractivity contribution < 1.29 is 4.79 Å². The first-order valence-corrected chi connectivity index (χ1v) is 6.15. The number of nitrogens with one attached hydrogen (secondary N) is 1. The molecule has 0 fully saturated rings. The van der Waals surface area contributed by atoms with Gasteiger partial charge in [0, 0.05) is 24.9 Å². The van der Waals surface area contributed by atoms with Crippen molar-refractivity contribution in [1.29, 1.82) is 0 Å². The summed E-state index contributed by atoms with van der Waals surface area (Å²) in [6.45, 7) is 1.88. The summed E-state index contributed by atoms with van der Waals surface area (Å²) in [6, 6.07) is 3.67. The van der Waals surface area contributed by atoms with Gasteiger partial charge in [0.15, 0.2) is 0 Å². The summed E-state index contributed by atoms with van der Waals surface area (Å²) in [5.41, 5.74) is 6.29. The first-order valence-electron chi connectivity index (χ1n) is 6.15. The van der Waals surface area contributed by atoms with E-state index in [0.717, 1.165) is 5.82 Å². The summed E-state index contributed by atoms with van der Waals surface area (Å²) >= 11 is 0. The van der Waals surface area contributed by atoms with Crippen LogP contribution in [0.2, 0.25) is 0 Å². The van der Waals surface area contributed by atoms with Crippen LogP contribution in [0.15, 0.2) is 37.1 Å². The van der Waals surface area contributed by atoms with E-state index in [1.807, 2.05) is 25.3 Å². The van der Waals surface area contributed by atoms with Crippen LogP contribution < -0.4 is 11.1 Å². The molecular formula is C13H17N5O. The molecule has 0 aliphatic carbocycles. The molecular weight excluding hydrogens is 242 g/mol. The molecule has 0 saturated carbocycles. The second-order valence-electron chi connectivity index (χ2n) is 4.44. The zero-order chi connectivity index (χ0) is 13.7. The van der Waals surface area contributed by atoms with Crippen molar-refractivity contribution >= 4 is 11.6 Å². The van der Waals surface area contributed by atoms with Gasteiger partial charge >= 0.3 is 0 Å². The number of carbonyl (C=O) groups is 1. The molecule has 1 atom stereocenters. The van der Waals surface area contributed by atoms with Crippen LogP contribution in [0.1, 0.15) is 19.8 Å². The van der Waals surface area contributed by atoms with E-state index in [9.17, 15) is 4.79 Å². The Labute approximate surface area is 111 Å². The second-order valence-corrected chi connectivity index (χ2v) is 4.44. The lowest BCUT2D eigenvalue weighted by molar-refractivity contribution is -0.116. The van der Waals surface area contributed by atoms with Gasteiger partial charge in [0.05, 0.1) is 11.9 Å². The fourth-order valence-corrected chi connectivity index (χ4v) is 1.59. The minimum atomic E-state index is -0.0468. The van der Waals surface area contributed by atoms with E-state index in [-0.39, 0.29) is 11.9 Å². The molecule has 3 N–H and O–H groups in total. The van der Waals surface area contributed by atoms with Gasteiger partial charge in [0.1, 0.15) is 12.1 Å². The Morgan fingerprint density at radius 2 is 2.37 bits per heavy atom. The molecule has 2 heterocycles. The fourth-order valence-electron chi connectivity index (χ4n) is 1.59. The Bertz CT molecular complexity index is 518. The molecule has 0 aromatic carbocycles. The molecule has 1 amide bonds. The van der Waals surface area contributed by atoms with Crippen molar-refractivity contribution in [3.8, 4) is 5.82 Å². The molecule has 6 nitrogen and oxygen atoms in total. The number of imidazole rings is 1. The summed E-state index contributed by atoms with van der Waals surface area (Å²) in [7, 11) is 0. The summed E-state index contributed by atoms with van der Waals surface area (Å²) < 4.78 is 1.79. The predicted molar refractivity (Wildman–Crippen MR) is 72.9 cm³/mol. The summed E-state index contributed by atoms with van der Waals surface area (Å²) in [5.74, 6) is 0.709. The molecule has 2 aromatic heterocycles. The number of rotatable bonds is 5. The van der Waals surface area contributed by atoms with Gasteiger partial charge in [0.25, 0.3) is 0 Å². The Morgan fingerprint density at radius 3 is 2.95 bits per heavy atom. The number of pyridine rings is 1. The summed E-state index contributed by atoms with van der Waals surface area (Å²) in [4.78, 5) is 19.8. The lowest BCUT2D eigenvalue weighted by Crippen LogP contribution is -2.19. The van der Waals surface area contributed by atoms with Gasteiger partial charge in [-0.25, -0.2) is 9.97 Å². The molecule has 100 valence electrons. The van der Waals surface area contributed by atoms with Crippen molar-refractivity contribution in [2.45, 2.75) is 25.8 Å². The highest BCUT2D eigenvalue weighted by atomic mass is 16.1. The third-order valence-corrected chi connectivity index (χ3v) is 2.63. The van der Waals surface area contributed by atoms with Crippen molar-refractivity contribution in [3.63, 3.8) is 0 Å². The van der Waals surface area contributed by atoms with E-state index in [2.05, 4.69) is 15.3 Å². The number of aromatic nitrogens is 3. The molecule has 1 unspecified atom stereocenters. The first kappa shape index (κ1) is 13.2. The minimum absolute atomic E-state index is 0.0347. The molecule has 2 rings (SSSR count). The number of hydrogen-bond acceptors (Lipinski definition) is 4. The van der Waals surface area contributed by atoms with E-state index in [1.165, 1.54) is 0 Å². The van der Waals surface area contributed by atoms with Crippen LogP contribution in [0.4, 0.5) is 5.69 Å². The minimum Gasteiger partial charge on any atom is -0.328 e. The number of carbonyl (C=O) groups excluding carboxylic acids is 1. The SMILES string of the molecule is CC(N)CCC(=O)Nc1ccc(-n2ccnc2)nc1. The highest BCUT2D eigenvalue weighted by molar-refractivity contribution is 5.90. The quantitative estimate of drug-likeness (QED) is 0.848. The lowest BCUT2D eigenvalue weighted by atomic mass is 10.2. The Morgan fingerprint density at radius 1 is 1.53 bits per heavy atom. The average molecular weight is 259 g/mol. The topological polar surface area (TPSA) is 85.8 Å². The maximum Gasteiger partial charge on any atom is 0.224 e. The zero-order valence-electron chi connectivity index (χ0n) is 10.8. The number of nitrogens with zero attached hydrogens (tertiary/aromatic N) is 3. The molecule has 0 saturated heterocycles. The van der Waals surface area contributed by atoms with Gasteiger partial charge in [-0.1, -0.05) is 0 Å². The van der Waals surface area contributed by atoms with Crippen LogP contribution in [0.3, 0.4) is 0 Å². The van der Waals surface area contributed by atoms with Gasteiger partial charge in [-0.2, -0.15) is 0 Å². The maximum atomic E-state index is 11.6. The van der Waals surface area contributed by atoms with E-state index < -0.39 is 0 Å². The lowest BCUT2D eigenvalue weighted by Gasteiger charge is -2.07. The maximum absolute atomic E-state index is 11.6. The largest absolute Gasteiger partial charge is 0.328 e. The highest BCUT2D eigenvalue weighted by Gasteiger charge is 2.05. The highest BCUT2D eigenvalue weighted by Crippen LogP contribution is 2.10. The van der Waals surface area contributed by atoms with Crippen molar-refractivity contribution in [1.82, 2.24) is 14.5 Å². The second kappa shape index (κ2) is 6.10. The van der Waals surface area contributed by atoms with Crippen LogP contribution in [0.25, 0.3) is 5.82 Å². The Hall–Kier alpha value is -2.21. The van der Waals surface area contributed by atoms with Gasteiger partial charge in [-0.15, -0.1) is 0 Å². The average Bonchev–Trinajstić information content (AvgIpc) is 2.91. The molecule has 0 radical (unpaired) electrons. The Balaban J connectivity index is 1.94. The smallest absolute Gasteiger partial charge is 0.224 e. The number of nitrogens with two attached hydrogens (primary N) is 1. The van der Waals surface area contributed by atoms with E-state index in [4.69, 9.17) is 5.73 Å². The monoisotopic (exact) mass is 259 g/mol. The van der Waals surface area contributed by atoms with Crippen molar-refractivity contribution in [2.75, 3.05) is 5.32 Å². The van der Waals surface area contributed by atoms with E-state index in [0.29, 0.717) is 18.5 Å². The molecule has 0 bridgehead atoms. The van der Waals surface area contributed by atoms with Crippen LogP contribution in [0, 0.1) is 0 Å².